The average molecular weight is 277 g/mol. The van der Waals surface area contributed by atoms with Crippen molar-refractivity contribution in [2.75, 3.05) is 0 Å². The number of hydrogen-bond acceptors (Lipinski definition) is 1. The van der Waals surface area contributed by atoms with E-state index >= 15 is 0 Å². The van der Waals surface area contributed by atoms with Gasteiger partial charge < -0.3 is 11.6 Å². The zero-order valence-electron chi connectivity index (χ0n) is 3.06. The molecule has 0 radical (unpaired) electrons. The van der Waals surface area contributed by atoms with Crippen LogP contribution < -0.4 is 6.15 Å². The molecule has 4 N–H and O–H groups in total. The molecule has 0 unspecified atom stereocenters. The summed E-state index contributed by atoms with van der Waals surface area (Å²) in [6.45, 7) is 0. The third kappa shape index (κ3) is 70.6. The van der Waals surface area contributed by atoms with Gasteiger partial charge in [0.1, 0.15) is 0 Å². The molecule has 0 rings (SSSR count). The van der Waals surface area contributed by atoms with Crippen molar-refractivity contribution in [1.82, 2.24) is 6.15 Å². The van der Waals surface area contributed by atoms with E-state index in [1.165, 1.54) is 5.16 Å². The summed E-state index contributed by atoms with van der Waals surface area (Å²) in [6.07, 6.45) is 0. The van der Waals surface area contributed by atoms with Gasteiger partial charge in [0.25, 0.3) is 0 Å². The van der Waals surface area contributed by atoms with E-state index in [1.54, 1.807) is 0 Å². The maximum Gasteiger partial charge on any atom is 0 e. The van der Waals surface area contributed by atoms with Crippen LogP contribution in [0, 0.1) is 0 Å². The van der Waals surface area contributed by atoms with E-state index in [1.807, 2.05) is 0 Å². The van der Waals surface area contributed by atoms with Crippen molar-refractivity contribution in [3.8, 4) is 0 Å². The fourth-order valence-electron chi connectivity index (χ4n) is 0. The van der Waals surface area contributed by atoms with Crippen molar-refractivity contribution in [3.05, 3.63) is 5.41 Å². The van der Waals surface area contributed by atoms with Crippen LogP contribution in [0.15, 0.2) is 0 Å². The molecule has 0 saturated carbocycles. The molecule has 0 heterocycles. The van der Waals surface area contributed by atoms with Crippen LogP contribution >= 0.6 is 12.2 Å². The quantitative estimate of drug-likeness (QED) is 0.401. The van der Waals surface area contributed by atoms with E-state index in [0.717, 1.165) is 0 Å². The standard InChI is InChI=1S/CNS.Hg.H3N/c2-1-3;;/h;;1H3/q-1;;/p+1. The second-order valence-corrected chi connectivity index (χ2v) is 0.274. The molecule has 0 aromatic carbocycles. The van der Waals surface area contributed by atoms with Crippen molar-refractivity contribution in [2.45, 2.75) is 0 Å². The third-order valence-electron chi connectivity index (χ3n) is 0. The van der Waals surface area contributed by atoms with Gasteiger partial charge >= 0.3 is 0 Å². The topological polar surface area (TPSA) is 58.8 Å². The summed E-state index contributed by atoms with van der Waals surface area (Å²) >= 11 is 3.70. The van der Waals surface area contributed by atoms with Crippen LogP contribution in [0.2, 0.25) is 0 Å². The Kier molecular flexibility index (Phi) is 77.1. The zero-order valence-corrected chi connectivity index (χ0v) is 9.38. The second-order valence-electron chi connectivity index (χ2n) is 0.0913. The number of rotatable bonds is 0. The predicted molar refractivity (Wildman–Crippen MR) is 21.9 cm³/mol. The maximum absolute atomic E-state index is 7.13. The normalized spacial score (nSPS) is 1.60. The largest absolute Gasteiger partial charge is 0.753 e. The van der Waals surface area contributed by atoms with Gasteiger partial charge in [-0.3, -0.25) is 0 Å². The van der Waals surface area contributed by atoms with Crippen LogP contribution in [0.1, 0.15) is 0 Å². The molecule has 0 bridgehead atoms. The molecule has 26 valence electrons. The Bertz CT molecular complexity index is 30.6. The van der Waals surface area contributed by atoms with Crippen LogP contribution in [-0.4, -0.2) is 5.16 Å². The molecule has 0 saturated heterocycles. The molecule has 5 heavy (non-hydrogen) atoms. The summed E-state index contributed by atoms with van der Waals surface area (Å²) in [7, 11) is 0. The van der Waals surface area contributed by atoms with Gasteiger partial charge in [0.05, 0.1) is 0 Å². The van der Waals surface area contributed by atoms with Gasteiger partial charge in [0.2, 0.25) is 0 Å². The maximum atomic E-state index is 7.13. The van der Waals surface area contributed by atoms with E-state index in [-0.39, 0.29) is 33.8 Å². The van der Waals surface area contributed by atoms with Gasteiger partial charge in [-0.15, -0.1) is 0 Å². The predicted octanol–water partition coefficient (Wildman–Crippen LogP) is 1.03. The summed E-state index contributed by atoms with van der Waals surface area (Å²) in [5.41, 5.74) is 0. The van der Waals surface area contributed by atoms with E-state index in [9.17, 15) is 0 Å². The molecule has 0 fully saturated rings. The third-order valence-corrected chi connectivity index (χ3v) is 0. The first-order chi connectivity index (χ1) is 1.41. The van der Waals surface area contributed by atoms with Crippen LogP contribution in [0.4, 0.5) is 0 Å². The minimum atomic E-state index is 0. The molecule has 0 amide bonds. The minimum absolute atomic E-state index is 0. The number of quaternary nitrogens is 1. The molecule has 4 heteroatoms. The van der Waals surface area contributed by atoms with E-state index in [0.29, 0.717) is 0 Å². The summed E-state index contributed by atoms with van der Waals surface area (Å²) in [5, 5.41) is 8.47. The van der Waals surface area contributed by atoms with Crippen molar-refractivity contribution < 1.29 is 27.7 Å². The number of thiocarbonyl (C=S) groups is 1. The molecule has 0 spiro atoms. The van der Waals surface area contributed by atoms with Gasteiger partial charge in [0, 0.05) is 27.7 Å². The Hall–Kier alpha value is 0.695. The summed E-state index contributed by atoms with van der Waals surface area (Å²) in [6, 6.07) is 0. The van der Waals surface area contributed by atoms with Gasteiger partial charge in [-0.2, -0.15) is 5.16 Å². The first-order valence-corrected chi connectivity index (χ1v) is 0.836. The summed E-state index contributed by atoms with van der Waals surface area (Å²) in [5.74, 6) is 0. The summed E-state index contributed by atoms with van der Waals surface area (Å²) < 4.78 is 0. The van der Waals surface area contributed by atoms with Gasteiger partial charge in [-0.1, -0.05) is 12.2 Å². The van der Waals surface area contributed by atoms with Crippen LogP contribution in [0.5, 0.6) is 0 Å². The number of nitrogens with zero attached hydrogens (tertiary/aromatic N) is 1. The van der Waals surface area contributed by atoms with Crippen molar-refractivity contribution in [2.24, 2.45) is 0 Å². The van der Waals surface area contributed by atoms with E-state index in [4.69, 9.17) is 5.41 Å². The van der Waals surface area contributed by atoms with Crippen molar-refractivity contribution in [3.63, 3.8) is 0 Å². The van der Waals surface area contributed by atoms with Crippen LogP contribution in [-0.2, 0) is 27.7 Å². The Morgan fingerprint density at radius 3 is 1.60 bits per heavy atom. The smallest absolute Gasteiger partial charge is 0 e. The fourth-order valence-corrected chi connectivity index (χ4v) is 0. The Morgan fingerprint density at radius 1 is 1.60 bits per heavy atom. The first kappa shape index (κ1) is 17.3. The van der Waals surface area contributed by atoms with Crippen molar-refractivity contribution >= 4 is 17.4 Å². The van der Waals surface area contributed by atoms with Crippen LogP contribution in [0.3, 0.4) is 0 Å². The van der Waals surface area contributed by atoms with Gasteiger partial charge in [0.15, 0.2) is 0 Å². The molecule has 0 aliphatic carbocycles. The molecule has 0 aliphatic heterocycles. The Morgan fingerprint density at radius 2 is 1.60 bits per heavy atom. The first-order valence-electron chi connectivity index (χ1n) is 0.428. The molecule has 0 atom stereocenters. The molecule has 0 aromatic rings. The van der Waals surface area contributed by atoms with Gasteiger partial charge in [-0.05, 0) is 0 Å². The Labute approximate surface area is 56.6 Å². The minimum Gasteiger partial charge on any atom is -0.753 e. The second kappa shape index (κ2) is 22.3. The monoisotopic (exact) mass is 278 g/mol. The Balaban J connectivity index is -0.0000000200. The SMILES string of the molecule is [Hg].[N-]=C=S.[NH4+]. The average Bonchev–Trinajstić information content (AvgIpc) is 0.918. The fraction of sp³-hybridized carbons (Fsp3) is 0. The molecule has 2 nitrogen and oxygen atoms in total. The van der Waals surface area contributed by atoms with Crippen molar-refractivity contribution in [1.29, 1.82) is 0 Å². The molecule has 0 aromatic heterocycles. The molecular formula is CH4HgN2S. The van der Waals surface area contributed by atoms with Crippen LogP contribution in [0.25, 0.3) is 5.41 Å². The number of isothiocyanates is 1. The van der Waals surface area contributed by atoms with E-state index in [2.05, 4.69) is 12.2 Å². The molecule has 0 aliphatic rings. The molecular weight excluding hydrogens is 273 g/mol. The number of hydrogen-bond donors (Lipinski definition) is 1. The van der Waals surface area contributed by atoms with Gasteiger partial charge in [-0.25, -0.2) is 0 Å². The zero-order chi connectivity index (χ0) is 2.71. The van der Waals surface area contributed by atoms with E-state index < -0.39 is 0 Å². The summed E-state index contributed by atoms with van der Waals surface area (Å²) in [4.78, 5) is 0.